The predicted molar refractivity (Wildman–Crippen MR) is 68.1 cm³/mol. The molecular formula is C11H13ClN4O3. The van der Waals surface area contributed by atoms with Crippen LogP contribution in [-0.4, -0.2) is 39.2 Å². The lowest BCUT2D eigenvalue weighted by Crippen LogP contribution is -2.15. The van der Waals surface area contributed by atoms with Crippen LogP contribution in [0.25, 0.3) is 11.2 Å². The molecule has 7 nitrogen and oxygen atoms in total. The maximum Gasteiger partial charge on any atom is 0.326 e. The number of alkyl halides is 1. The molecule has 0 aromatic carbocycles. The first kappa shape index (κ1) is 13.5. The van der Waals surface area contributed by atoms with E-state index in [1.807, 2.05) is 0 Å². The summed E-state index contributed by atoms with van der Waals surface area (Å²) in [6, 6.07) is 0. The second-order valence-corrected chi connectivity index (χ2v) is 3.88. The minimum Gasteiger partial charge on any atom is -0.479 e. The summed E-state index contributed by atoms with van der Waals surface area (Å²) in [5.41, 5.74) is 0.973. The molecule has 19 heavy (non-hydrogen) atoms. The van der Waals surface area contributed by atoms with Gasteiger partial charge in [0.15, 0.2) is 11.2 Å². The standard InChI is InChI=1S/C11H13ClN4O3/c1-3-19-8(17)5-16-7(4-12)15-9-10(16)13-6-14-11(9)18-2/h6H,3-5H2,1-2H3. The van der Waals surface area contributed by atoms with E-state index >= 15 is 0 Å². The fourth-order valence-corrected chi connectivity index (χ4v) is 1.92. The van der Waals surface area contributed by atoms with Gasteiger partial charge in [-0.25, -0.2) is 9.97 Å². The van der Waals surface area contributed by atoms with Crippen molar-refractivity contribution < 1.29 is 14.3 Å². The number of nitrogens with zero attached hydrogens (tertiary/aromatic N) is 4. The Morgan fingerprint density at radius 3 is 2.89 bits per heavy atom. The summed E-state index contributed by atoms with van der Waals surface area (Å²) in [4.78, 5) is 24.0. The first-order valence-electron chi connectivity index (χ1n) is 5.67. The van der Waals surface area contributed by atoms with Crippen LogP contribution in [0.2, 0.25) is 0 Å². The number of ether oxygens (including phenoxy) is 2. The van der Waals surface area contributed by atoms with Crippen molar-refractivity contribution in [3.05, 3.63) is 12.2 Å². The van der Waals surface area contributed by atoms with Gasteiger partial charge in [-0.15, -0.1) is 11.6 Å². The van der Waals surface area contributed by atoms with Crippen molar-refractivity contribution in [3.63, 3.8) is 0 Å². The van der Waals surface area contributed by atoms with E-state index in [0.717, 1.165) is 0 Å². The number of aromatic nitrogens is 4. The van der Waals surface area contributed by atoms with Crippen LogP contribution in [0, 0.1) is 0 Å². The second-order valence-electron chi connectivity index (χ2n) is 3.61. The molecule has 2 rings (SSSR count). The van der Waals surface area contributed by atoms with Gasteiger partial charge in [-0.1, -0.05) is 0 Å². The number of carbonyl (C=O) groups is 1. The average molecular weight is 285 g/mol. The molecule has 102 valence electrons. The van der Waals surface area contributed by atoms with Gasteiger partial charge < -0.3 is 14.0 Å². The Hall–Kier alpha value is -1.89. The molecule has 8 heteroatoms. The van der Waals surface area contributed by atoms with Crippen LogP contribution in [0.4, 0.5) is 0 Å². The molecule has 2 heterocycles. The number of carbonyl (C=O) groups excluding carboxylic acids is 1. The number of esters is 1. The summed E-state index contributed by atoms with van der Waals surface area (Å²) >= 11 is 5.84. The molecule has 0 atom stereocenters. The molecule has 2 aromatic heterocycles. The van der Waals surface area contributed by atoms with Gasteiger partial charge in [0.25, 0.3) is 0 Å². The highest BCUT2D eigenvalue weighted by Crippen LogP contribution is 2.22. The Labute approximate surface area is 114 Å². The Morgan fingerprint density at radius 1 is 1.47 bits per heavy atom. The van der Waals surface area contributed by atoms with Crippen LogP contribution in [0.5, 0.6) is 5.88 Å². The maximum atomic E-state index is 11.6. The molecule has 2 aromatic rings. The minimum atomic E-state index is -0.370. The fraction of sp³-hybridized carbons (Fsp3) is 0.455. The van der Waals surface area contributed by atoms with E-state index in [1.54, 1.807) is 11.5 Å². The number of halogens is 1. The highest BCUT2D eigenvalue weighted by Gasteiger charge is 2.18. The largest absolute Gasteiger partial charge is 0.479 e. The Balaban J connectivity index is 2.49. The molecule has 0 aliphatic rings. The van der Waals surface area contributed by atoms with Crippen molar-refractivity contribution >= 4 is 28.7 Å². The van der Waals surface area contributed by atoms with E-state index in [1.165, 1.54) is 13.4 Å². The van der Waals surface area contributed by atoms with Crippen LogP contribution in [0.15, 0.2) is 6.33 Å². The van der Waals surface area contributed by atoms with Crippen LogP contribution < -0.4 is 4.74 Å². The first-order chi connectivity index (χ1) is 9.21. The Bertz CT molecular complexity index is 599. The van der Waals surface area contributed by atoms with E-state index in [-0.39, 0.29) is 18.4 Å². The summed E-state index contributed by atoms with van der Waals surface area (Å²) in [5, 5.41) is 0. The lowest BCUT2D eigenvalue weighted by molar-refractivity contribution is -0.143. The molecular weight excluding hydrogens is 272 g/mol. The zero-order chi connectivity index (χ0) is 13.8. The molecule has 0 fully saturated rings. The third kappa shape index (κ3) is 2.60. The van der Waals surface area contributed by atoms with Crippen molar-refractivity contribution in [2.45, 2.75) is 19.3 Å². The van der Waals surface area contributed by atoms with E-state index < -0.39 is 0 Å². The SMILES string of the molecule is CCOC(=O)Cn1c(CCl)nc2c(OC)ncnc21. The van der Waals surface area contributed by atoms with Gasteiger partial charge in [-0.3, -0.25) is 4.79 Å². The number of methoxy groups -OCH3 is 1. The third-order valence-corrected chi connectivity index (χ3v) is 2.72. The highest BCUT2D eigenvalue weighted by atomic mass is 35.5. The van der Waals surface area contributed by atoms with Gasteiger partial charge in [-0.2, -0.15) is 4.98 Å². The normalized spacial score (nSPS) is 10.7. The zero-order valence-corrected chi connectivity index (χ0v) is 11.3. The predicted octanol–water partition coefficient (Wildman–Crippen LogP) is 1.14. The van der Waals surface area contributed by atoms with Crippen molar-refractivity contribution in [3.8, 4) is 5.88 Å². The lowest BCUT2D eigenvalue weighted by Gasteiger charge is -2.06. The molecule has 0 radical (unpaired) electrons. The van der Waals surface area contributed by atoms with E-state index in [2.05, 4.69) is 15.0 Å². The number of imidazole rings is 1. The van der Waals surface area contributed by atoms with Gasteiger partial charge >= 0.3 is 5.97 Å². The van der Waals surface area contributed by atoms with Gasteiger partial charge in [0, 0.05) is 0 Å². The van der Waals surface area contributed by atoms with Crippen LogP contribution in [-0.2, 0) is 22.0 Å². The molecule has 0 saturated carbocycles. The topological polar surface area (TPSA) is 79.1 Å². The van der Waals surface area contributed by atoms with Gasteiger partial charge in [0.2, 0.25) is 5.88 Å². The highest BCUT2D eigenvalue weighted by molar-refractivity contribution is 6.16. The lowest BCUT2D eigenvalue weighted by atomic mass is 10.5. The average Bonchev–Trinajstić information content (AvgIpc) is 2.77. The molecule has 0 spiro atoms. The monoisotopic (exact) mass is 284 g/mol. The number of hydrogen-bond acceptors (Lipinski definition) is 6. The fourth-order valence-electron chi connectivity index (χ4n) is 1.71. The summed E-state index contributed by atoms with van der Waals surface area (Å²) < 4.78 is 11.6. The van der Waals surface area contributed by atoms with Crippen LogP contribution in [0.3, 0.4) is 0 Å². The molecule has 0 amide bonds. The summed E-state index contributed by atoms with van der Waals surface area (Å²) in [6.45, 7) is 2.07. The van der Waals surface area contributed by atoms with Crippen LogP contribution >= 0.6 is 11.6 Å². The first-order valence-corrected chi connectivity index (χ1v) is 6.20. The van der Waals surface area contributed by atoms with Crippen molar-refractivity contribution in [1.29, 1.82) is 0 Å². The quantitative estimate of drug-likeness (QED) is 0.605. The van der Waals surface area contributed by atoms with Gasteiger partial charge in [-0.05, 0) is 6.92 Å². The van der Waals surface area contributed by atoms with E-state index in [4.69, 9.17) is 21.1 Å². The summed E-state index contributed by atoms with van der Waals surface area (Å²) in [6.07, 6.45) is 1.35. The molecule has 0 saturated heterocycles. The Kier molecular flexibility index (Phi) is 4.16. The zero-order valence-electron chi connectivity index (χ0n) is 10.6. The van der Waals surface area contributed by atoms with E-state index in [9.17, 15) is 4.79 Å². The van der Waals surface area contributed by atoms with Crippen molar-refractivity contribution in [2.75, 3.05) is 13.7 Å². The van der Waals surface area contributed by atoms with Gasteiger partial charge in [0.1, 0.15) is 18.7 Å². The Morgan fingerprint density at radius 2 is 2.26 bits per heavy atom. The number of hydrogen-bond donors (Lipinski definition) is 0. The number of fused-ring (bicyclic) bond motifs is 1. The molecule has 0 bridgehead atoms. The molecule has 0 N–H and O–H groups in total. The smallest absolute Gasteiger partial charge is 0.326 e. The second kappa shape index (κ2) is 5.83. The van der Waals surface area contributed by atoms with Crippen molar-refractivity contribution in [1.82, 2.24) is 19.5 Å². The number of rotatable bonds is 5. The molecule has 0 aliphatic carbocycles. The molecule has 0 unspecified atom stereocenters. The molecule has 0 aliphatic heterocycles. The van der Waals surface area contributed by atoms with Gasteiger partial charge in [0.05, 0.1) is 19.6 Å². The third-order valence-electron chi connectivity index (χ3n) is 2.48. The summed E-state index contributed by atoms with van der Waals surface area (Å²) in [7, 11) is 1.49. The van der Waals surface area contributed by atoms with Crippen molar-refractivity contribution in [2.24, 2.45) is 0 Å². The van der Waals surface area contributed by atoms with Crippen LogP contribution in [0.1, 0.15) is 12.7 Å². The summed E-state index contributed by atoms with van der Waals surface area (Å²) in [5.74, 6) is 0.645. The van der Waals surface area contributed by atoms with E-state index in [0.29, 0.717) is 29.5 Å². The maximum absolute atomic E-state index is 11.6. The minimum absolute atomic E-state index is 0.00651.